The highest BCUT2D eigenvalue weighted by Crippen LogP contribution is 2.34. The number of hydrogen-bond donors (Lipinski definition) is 3. The summed E-state index contributed by atoms with van der Waals surface area (Å²) >= 11 is 0. The van der Waals surface area contributed by atoms with Crippen LogP contribution in [0.5, 0.6) is 17.2 Å². The molecule has 0 bridgehead atoms. The van der Waals surface area contributed by atoms with Gasteiger partial charge in [0, 0.05) is 29.5 Å². The molecule has 0 amide bonds. The van der Waals surface area contributed by atoms with E-state index in [0.717, 1.165) is 53.5 Å². The predicted octanol–water partition coefficient (Wildman–Crippen LogP) is 5.04. The van der Waals surface area contributed by atoms with Crippen molar-refractivity contribution >= 4 is 17.5 Å². The Morgan fingerprint density at radius 1 is 0.897 bits per heavy atom. The van der Waals surface area contributed by atoms with Crippen LogP contribution in [0.15, 0.2) is 83.6 Å². The molecule has 0 spiro atoms. The van der Waals surface area contributed by atoms with Crippen molar-refractivity contribution in [2.24, 2.45) is 10.7 Å². The molecule has 4 rings (SSSR count). The van der Waals surface area contributed by atoms with E-state index in [-0.39, 0.29) is 0 Å². The number of methoxy groups -OCH3 is 1. The summed E-state index contributed by atoms with van der Waals surface area (Å²) in [7, 11) is 1.65. The summed E-state index contributed by atoms with van der Waals surface area (Å²) in [5.41, 5.74) is 10.2. The molecule has 0 aliphatic carbocycles. The van der Waals surface area contributed by atoms with Crippen LogP contribution >= 0.6 is 0 Å². The molecular formula is C31H39N5O3. The average molecular weight is 530 g/mol. The average Bonchev–Trinajstić information content (AvgIpc) is 2.97. The largest absolute Gasteiger partial charge is 0.495 e. The number of ether oxygens (including phenoxy) is 3. The van der Waals surface area contributed by atoms with Crippen LogP contribution in [0.1, 0.15) is 31.9 Å². The number of rotatable bonds is 13. The number of nitrogens with zero attached hydrogens (tertiary/aromatic N) is 2. The first-order chi connectivity index (χ1) is 19.0. The molecule has 1 heterocycles. The Morgan fingerprint density at radius 2 is 1.59 bits per heavy atom. The molecular weight excluding hydrogens is 490 g/mol. The fourth-order valence-corrected chi connectivity index (χ4v) is 4.46. The van der Waals surface area contributed by atoms with Crippen LogP contribution in [-0.2, 0) is 5.79 Å². The van der Waals surface area contributed by atoms with E-state index >= 15 is 0 Å². The molecule has 3 aromatic rings. The molecule has 0 fully saturated rings. The van der Waals surface area contributed by atoms with Crippen molar-refractivity contribution in [1.29, 1.82) is 0 Å². The van der Waals surface area contributed by atoms with Crippen molar-refractivity contribution in [3.63, 3.8) is 0 Å². The zero-order valence-electron chi connectivity index (χ0n) is 23.2. The van der Waals surface area contributed by atoms with E-state index in [1.54, 1.807) is 13.3 Å². The van der Waals surface area contributed by atoms with Gasteiger partial charge in [-0.05, 0) is 62.5 Å². The fraction of sp³-hybridized carbons (Fsp3) is 0.323. The molecule has 1 unspecified atom stereocenters. The molecule has 0 saturated carbocycles. The highest BCUT2D eigenvalue weighted by Gasteiger charge is 2.32. The molecule has 206 valence electrons. The smallest absolute Gasteiger partial charge is 0.210 e. The minimum Gasteiger partial charge on any atom is -0.495 e. The summed E-state index contributed by atoms with van der Waals surface area (Å²) < 4.78 is 17.5. The first kappa shape index (κ1) is 28.0. The molecule has 0 saturated heterocycles. The molecule has 8 heteroatoms. The Balaban J connectivity index is 1.63. The van der Waals surface area contributed by atoms with Crippen molar-refractivity contribution in [3.8, 4) is 17.2 Å². The number of allylic oxidation sites excluding steroid dienone is 1. The fourth-order valence-electron chi connectivity index (χ4n) is 4.46. The van der Waals surface area contributed by atoms with Crippen LogP contribution in [0.2, 0.25) is 0 Å². The second kappa shape index (κ2) is 13.2. The quantitative estimate of drug-likeness (QED) is 0.286. The van der Waals surface area contributed by atoms with E-state index in [9.17, 15) is 0 Å². The summed E-state index contributed by atoms with van der Waals surface area (Å²) in [6.45, 7) is 10.4. The molecule has 1 aliphatic heterocycles. The zero-order chi connectivity index (χ0) is 27.7. The number of anilines is 1. The van der Waals surface area contributed by atoms with E-state index in [0.29, 0.717) is 24.8 Å². The Hall–Kier alpha value is -4.01. The lowest BCUT2D eigenvalue weighted by atomic mass is 10.0. The number of aliphatic imine (C=N–C) groups is 1. The summed E-state index contributed by atoms with van der Waals surface area (Å²) in [5.74, 6) is 1.75. The molecule has 4 N–H and O–H groups in total. The first-order valence-corrected chi connectivity index (χ1v) is 13.5. The van der Waals surface area contributed by atoms with Gasteiger partial charge in [0.1, 0.15) is 29.7 Å². The van der Waals surface area contributed by atoms with Crippen molar-refractivity contribution < 1.29 is 14.2 Å². The van der Waals surface area contributed by atoms with Crippen LogP contribution in [0.25, 0.3) is 5.57 Å². The molecule has 3 aromatic carbocycles. The molecule has 0 aromatic heterocycles. The summed E-state index contributed by atoms with van der Waals surface area (Å²) in [5, 5.41) is 6.94. The minimum atomic E-state index is -1.20. The minimum absolute atomic E-state index is 0.550. The maximum atomic E-state index is 6.86. The summed E-state index contributed by atoms with van der Waals surface area (Å²) in [6.07, 6.45) is 1.79. The first-order valence-electron chi connectivity index (χ1n) is 13.5. The van der Waals surface area contributed by atoms with Gasteiger partial charge in [-0.1, -0.05) is 44.2 Å². The van der Waals surface area contributed by atoms with Gasteiger partial charge in [-0.3, -0.25) is 5.73 Å². The third-order valence-electron chi connectivity index (χ3n) is 6.69. The predicted molar refractivity (Wildman–Crippen MR) is 158 cm³/mol. The number of para-hydroxylation sites is 3. The molecule has 0 radical (unpaired) electrons. The molecule has 8 nitrogen and oxygen atoms in total. The molecule has 1 atom stereocenters. The van der Waals surface area contributed by atoms with Crippen molar-refractivity contribution in [2.75, 3.05) is 45.3 Å². The third-order valence-corrected chi connectivity index (χ3v) is 6.69. The second-order valence-electron chi connectivity index (χ2n) is 9.09. The summed E-state index contributed by atoms with van der Waals surface area (Å²) in [4.78, 5) is 7.10. The van der Waals surface area contributed by atoms with Crippen molar-refractivity contribution in [1.82, 2.24) is 10.2 Å². The molecule has 39 heavy (non-hydrogen) atoms. The van der Waals surface area contributed by atoms with Gasteiger partial charge in [0.05, 0.1) is 19.4 Å². The van der Waals surface area contributed by atoms with Crippen LogP contribution < -0.4 is 30.6 Å². The third kappa shape index (κ3) is 6.71. The number of nitrogens with two attached hydrogens (primary N) is 1. The Kier molecular flexibility index (Phi) is 9.46. The Morgan fingerprint density at radius 3 is 2.28 bits per heavy atom. The van der Waals surface area contributed by atoms with E-state index < -0.39 is 5.79 Å². The number of nitrogens with one attached hydrogen (secondary N) is 2. The van der Waals surface area contributed by atoms with Gasteiger partial charge < -0.3 is 29.7 Å². The van der Waals surface area contributed by atoms with E-state index in [1.165, 1.54) is 0 Å². The summed E-state index contributed by atoms with van der Waals surface area (Å²) in [6, 6.07) is 23.4. The standard InChI is InChI=1S/C31H39N5O3/c1-5-36(6-2)20-21-39-24-18-16-23(17-19-24)31(32)33-22-26(25-12-8-10-14-28(25)38-7-3)30(35-31)34-27-13-9-11-15-29(27)37-4/h8-19,22,34-35H,5-7,20-21,32H2,1-4H3. The highest BCUT2D eigenvalue weighted by molar-refractivity contribution is 6.13. The topological polar surface area (TPSA) is 93.4 Å². The van der Waals surface area contributed by atoms with E-state index in [4.69, 9.17) is 24.9 Å². The van der Waals surface area contributed by atoms with E-state index in [2.05, 4.69) is 29.4 Å². The van der Waals surface area contributed by atoms with Crippen LogP contribution in [0.3, 0.4) is 0 Å². The SMILES string of the molecule is CCOc1ccccc1C1=C(Nc2ccccc2OC)NC(N)(c2ccc(OCCN(CC)CC)cc2)N=C1. The van der Waals surface area contributed by atoms with Gasteiger partial charge in [0.15, 0.2) is 0 Å². The molecule has 1 aliphatic rings. The lowest BCUT2D eigenvalue weighted by molar-refractivity contribution is 0.222. The monoisotopic (exact) mass is 529 g/mol. The maximum Gasteiger partial charge on any atom is 0.210 e. The van der Waals surface area contributed by atoms with Crippen molar-refractivity contribution in [3.05, 3.63) is 89.7 Å². The van der Waals surface area contributed by atoms with Gasteiger partial charge in [-0.25, -0.2) is 4.99 Å². The van der Waals surface area contributed by atoms with Crippen molar-refractivity contribution in [2.45, 2.75) is 26.6 Å². The highest BCUT2D eigenvalue weighted by atomic mass is 16.5. The lowest BCUT2D eigenvalue weighted by Crippen LogP contribution is -2.51. The van der Waals surface area contributed by atoms with Gasteiger partial charge in [0.25, 0.3) is 0 Å². The van der Waals surface area contributed by atoms with Gasteiger partial charge >= 0.3 is 0 Å². The van der Waals surface area contributed by atoms with Crippen LogP contribution in [0.4, 0.5) is 5.69 Å². The normalized spacial score (nSPS) is 16.7. The van der Waals surface area contributed by atoms with Crippen LogP contribution in [-0.4, -0.2) is 51.1 Å². The maximum absolute atomic E-state index is 6.86. The van der Waals surface area contributed by atoms with Gasteiger partial charge in [-0.2, -0.15) is 0 Å². The second-order valence-corrected chi connectivity index (χ2v) is 9.09. The van der Waals surface area contributed by atoms with Gasteiger partial charge in [-0.15, -0.1) is 0 Å². The van der Waals surface area contributed by atoms with Gasteiger partial charge in [0.2, 0.25) is 5.79 Å². The number of likely N-dealkylation sites (N-methyl/N-ethyl adjacent to an activating group) is 1. The zero-order valence-corrected chi connectivity index (χ0v) is 23.2. The number of benzene rings is 3. The number of hydrogen-bond acceptors (Lipinski definition) is 8. The Labute approximate surface area is 231 Å². The Bertz CT molecular complexity index is 1290. The van der Waals surface area contributed by atoms with E-state index in [1.807, 2.05) is 79.7 Å². The van der Waals surface area contributed by atoms with Crippen LogP contribution in [0, 0.1) is 0 Å². The lowest BCUT2D eigenvalue weighted by Gasteiger charge is -2.34.